The van der Waals surface area contributed by atoms with E-state index >= 15 is 0 Å². The van der Waals surface area contributed by atoms with Crippen molar-refractivity contribution in [1.29, 1.82) is 0 Å². The summed E-state index contributed by atoms with van der Waals surface area (Å²) < 4.78 is 28.4. The van der Waals surface area contributed by atoms with Gasteiger partial charge in [0.25, 0.3) is 15.9 Å². The summed E-state index contributed by atoms with van der Waals surface area (Å²) in [4.78, 5) is 28.3. The molecular formula is C27H28N6O3S. The molecule has 0 radical (unpaired) electrons. The van der Waals surface area contributed by atoms with Gasteiger partial charge in [-0.25, -0.2) is 19.7 Å². The predicted molar refractivity (Wildman–Crippen MR) is 143 cm³/mol. The summed E-state index contributed by atoms with van der Waals surface area (Å²) in [6, 6.07) is 17.4. The Morgan fingerprint density at radius 2 is 1.78 bits per heavy atom. The molecule has 1 saturated heterocycles. The highest BCUT2D eigenvalue weighted by atomic mass is 32.2. The number of hydrogen-bond donors (Lipinski definition) is 2. The van der Waals surface area contributed by atoms with E-state index in [0.717, 1.165) is 23.7 Å². The molecule has 0 spiro atoms. The van der Waals surface area contributed by atoms with Crippen molar-refractivity contribution in [2.24, 2.45) is 5.92 Å². The Balaban J connectivity index is 1.38. The van der Waals surface area contributed by atoms with Crippen LogP contribution in [-0.4, -0.2) is 41.4 Å². The molecule has 1 aromatic carbocycles. The highest BCUT2D eigenvalue weighted by Gasteiger charge is 2.39. The second-order valence-corrected chi connectivity index (χ2v) is 11.6. The molecule has 0 saturated carbocycles. The molecule has 190 valence electrons. The number of fused-ring (bicyclic) bond motifs is 1. The second-order valence-electron chi connectivity index (χ2n) is 9.94. The molecule has 1 aliphatic heterocycles. The molecule has 9 nitrogen and oxygen atoms in total. The van der Waals surface area contributed by atoms with Crippen LogP contribution in [0.15, 0.2) is 78.1 Å². The number of nitrogens with zero attached hydrogens (tertiary/aromatic N) is 4. The predicted octanol–water partition coefficient (Wildman–Crippen LogP) is 4.51. The van der Waals surface area contributed by atoms with Crippen LogP contribution in [0.4, 0.5) is 17.5 Å². The number of pyridine rings is 3. The van der Waals surface area contributed by atoms with E-state index in [1.807, 2.05) is 30.3 Å². The van der Waals surface area contributed by atoms with Gasteiger partial charge in [0, 0.05) is 29.9 Å². The van der Waals surface area contributed by atoms with Crippen molar-refractivity contribution >= 4 is 44.2 Å². The van der Waals surface area contributed by atoms with Crippen LogP contribution in [0.1, 0.15) is 37.6 Å². The average molecular weight is 517 g/mol. The number of hydrogen-bond acceptors (Lipinski definition) is 8. The van der Waals surface area contributed by atoms with Gasteiger partial charge in [-0.3, -0.25) is 4.79 Å². The molecule has 10 heteroatoms. The minimum absolute atomic E-state index is 0.197. The summed E-state index contributed by atoms with van der Waals surface area (Å²) >= 11 is 0. The monoisotopic (exact) mass is 516 g/mol. The van der Waals surface area contributed by atoms with Crippen LogP contribution in [0.2, 0.25) is 0 Å². The van der Waals surface area contributed by atoms with E-state index in [-0.39, 0.29) is 21.9 Å². The van der Waals surface area contributed by atoms with E-state index < -0.39 is 15.9 Å². The van der Waals surface area contributed by atoms with Crippen molar-refractivity contribution in [2.75, 3.05) is 16.8 Å². The largest absolute Gasteiger partial charge is 0.351 e. The van der Waals surface area contributed by atoms with Gasteiger partial charge in [0.1, 0.15) is 17.5 Å². The normalized spacial score (nSPS) is 17.1. The van der Waals surface area contributed by atoms with Crippen molar-refractivity contribution in [3.05, 3.63) is 78.6 Å². The molecular weight excluding hydrogens is 488 g/mol. The number of aromatic nitrogens is 3. The Hall–Kier alpha value is -4.05. The zero-order valence-corrected chi connectivity index (χ0v) is 21.7. The van der Waals surface area contributed by atoms with Crippen molar-refractivity contribution < 1.29 is 13.2 Å². The first-order valence-corrected chi connectivity index (χ1v) is 13.5. The van der Waals surface area contributed by atoms with Gasteiger partial charge in [-0.05, 0) is 61.9 Å². The Labute approximate surface area is 216 Å². The van der Waals surface area contributed by atoms with Crippen LogP contribution in [0.3, 0.4) is 0 Å². The molecule has 1 atom stereocenters. The molecule has 1 unspecified atom stereocenters. The van der Waals surface area contributed by atoms with Gasteiger partial charge in [-0.15, -0.1) is 0 Å². The molecule has 0 bridgehead atoms. The fourth-order valence-electron chi connectivity index (χ4n) is 4.90. The fourth-order valence-corrected chi connectivity index (χ4v) is 5.83. The highest BCUT2D eigenvalue weighted by molar-refractivity contribution is 7.90. The molecule has 1 aliphatic rings. The Morgan fingerprint density at radius 3 is 2.54 bits per heavy atom. The van der Waals surface area contributed by atoms with Gasteiger partial charge in [-0.1, -0.05) is 37.3 Å². The Bertz CT molecular complexity index is 1590. The van der Waals surface area contributed by atoms with Crippen molar-refractivity contribution in [1.82, 2.24) is 19.7 Å². The van der Waals surface area contributed by atoms with Crippen LogP contribution in [0.25, 0.3) is 10.8 Å². The first kappa shape index (κ1) is 24.6. The number of sulfonamides is 1. The third-order valence-corrected chi connectivity index (χ3v) is 7.71. The third-order valence-electron chi connectivity index (χ3n) is 6.47. The molecule has 1 fully saturated rings. The van der Waals surface area contributed by atoms with Gasteiger partial charge in [0.05, 0.1) is 5.56 Å². The lowest BCUT2D eigenvalue weighted by Crippen LogP contribution is -2.41. The summed E-state index contributed by atoms with van der Waals surface area (Å²) in [6.45, 7) is 7.07. The third kappa shape index (κ3) is 5.10. The standard InChI is InChI=1S/C27H28N6O3S/c1-18-15-27(2,3)33(17-18)25-21(10-7-13-28-25)26(34)32-37(35,36)24-12-6-11-22(31-24)30-23-14-19-8-4-5-9-20(19)16-29-23/h4-14,16,18H,15,17H2,1-3H3,(H,32,34)(H,29,30,31). The lowest BCUT2D eigenvalue weighted by Gasteiger charge is -2.33. The highest BCUT2D eigenvalue weighted by Crippen LogP contribution is 2.37. The number of benzene rings is 1. The van der Waals surface area contributed by atoms with E-state index in [1.165, 1.54) is 6.07 Å². The minimum Gasteiger partial charge on any atom is -0.351 e. The van der Waals surface area contributed by atoms with Crippen LogP contribution in [0, 0.1) is 5.92 Å². The minimum atomic E-state index is -4.25. The van der Waals surface area contributed by atoms with Gasteiger partial charge >= 0.3 is 0 Å². The molecule has 2 N–H and O–H groups in total. The maximum absolute atomic E-state index is 13.2. The quantitative estimate of drug-likeness (QED) is 0.384. The summed E-state index contributed by atoms with van der Waals surface area (Å²) in [5.74, 6) is 0.943. The number of carbonyl (C=O) groups excluding carboxylic acids is 1. The number of amides is 1. The number of anilines is 3. The number of rotatable bonds is 6. The van der Waals surface area contributed by atoms with E-state index in [4.69, 9.17) is 0 Å². The van der Waals surface area contributed by atoms with E-state index in [1.54, 1.807) is 36.7 Å². The molecule has 0 aliphatic carbocycles. The summed E-state index contributed by atoms with van der Waals surface area (Å²) in [6.07, 6.45) is 4.28. The smallest absolute Gasteiger partial charge is 0.281 e. The van der Waals surface area contributed by atoms with Gasteiger partial charge in [0.15, 0.2) is 5.03 Å². The maximum Gasteiger partial charge on any atom is 0.281 e. The van der Waals surface area contributed by atoms with Crippen molar-refractivity contribution in [3.63, 3.8) is 0 Å². The molecule has 3 aromatic heterocycles. The summed E-state index contributed by atoms with van der Waals surface area (Å²) in [5, 5.41) is 4.72. The topological polar surface area (TPSA) is 117 Å². The van der Waals surface area contributed by atoms with Gasteiger partial charge in [-0.2, -0.15) is 8.42 Å². The zero-order chi connectivity index (χ0) is 26.2. The maximum atomic E-state index is 13.2. The second kappa shape index (κ2) is 9.44. The van der Waals surface area contributed by atoms with E-state index in [0.29, 0.717) is 17.6 Å². The zero-order valence-electron chi connectivity index (χ0n) is 20.8. The molecule has 1 amide bonds. The Morgan fingerprint density at radius 1 is 1.00 bits per heavy atom. The van der Waals surface area contributed by atoms with Crippen LogP contribution >= 0.6 is 0 Å². The molecule has 4 aromatic rings. The lowest BCUT2D eigenvalue weighted by atomic mass is 9.97. The van der Waals surface area contributed by atoms with E-state index in [2.05, 4.69) is 50.7 Å². The van der Waals surface area contributed by atoms with Gasteiger partial charge < -0.3 is 10.2 Å². The van der Waals surface area contributed by atoms with Crippen LogP contribution < -0.4 is 14.9 Å². The SMILES string of the molecule is CC1CN(c2ncccc2C(=O)NS(=O)(=O)c2cccc(Nc3cc4ccccc4cn3)n2)C(C)(C)C1. The number of nitrogens with one attached hydrogen (secondary N) is 2. The van der Waals surface area contributed by atoms with Crippen LogP contribution in [0.5, 0.6) is 0 Å². The first-order chi connectivity index (χ1) is 17.6. The van der Waals surface area contributed by atoms with Gasteiger partial charge in [0.2, 0.25) is 0 Å². The summed E-state index contributed by atoms with van der Waals surface area (Å²) in [7, 11) is -4.25. The Kier molecular flexibility index (Phi) is 6.28. The average Bonchev–Trinajstić information content (AvgIpc) is 3.15. The fraction of sp³-hybridized carbons (Fsp3) is 0.259. The number of carbonyl (C=O) groups is 1. The van der Waals surface area contributed by atoms with E-state index in [9.17, 15) is 13.2 Å². The van der Waals surface area contributed by atoms with Crippen molar-refractivity contribution in [3.8, 4) is 0 Å². The molecule has 37 heavy (non-hydrogen) atoms. The lowest BCUT2D eigenvalue weighted by molar-refractivity contribution is 0.0981. The van der Waals surface area contributed by atoms with Crippen LogP contribution in [-0.2, 0) is 10.0 Å². The van der Waals surface area contributed by atoms with Crippen molar-refractivity contribution in [2.45, 2.75) is 37.8 Å². The molecule has 5 rings (SSSR count). The molecule has 4 heterocycles. The summed E-state index contributed by atoms with van der Waals surface area (Å²) in [5.41, 5.74) is -0.0112. The first-order valence-electron chi connectivity index (χ1n) is 12.0.